The molecule has 0 radical (unpaired) electrons. The van der Waals surface area contributed by atoms with Crippen molar-refractivity contribution in [3.8, 4) is 0 Å². The van der Waals surface area contributed by atoms with Gasteiger partial charge in [0.05, 0.1) is 41.3 Å². The lowest BCUT2D eigenvalue weighted by Crippen LogP contribution is -2.29. The molecule has 4 heterocycles. The molecule has 1 aromatic carbocycles. The number of hydrogen-bond acceptors (Lipinski definition) is 5. The van der Waals surface area contributed by atoms with Crippen LogP contribution in [0.15, 0.2) is 71.5 Å². The van der Waals surface area contributed by atoms with Gasteiger partial charge in [-0.3, -0.25) is 9.78 Å². The summed E-state index contributed by atoms with van der Waals surface area (Å²) in [5.41, 5.74) is 5.52. The van der Waals surface area contributed by atoms with Crippen molar-refractivity contribution in [2.75, 3.05) is 23.9 Å². The van der Waals surface area contributed by atoms with Crippen molar-refractivity contribution in [2.24, 2.45) is 0 Å². The molecule has 2 N–H and O–H groups in total. The van der Waals surface area contributed by atoms with Crippen LogP contribution >= 0.6 is 23.8 Å². The first kappa shape index (κ1) is 26.0. The Bertz CT molecular complexity index is 1450. The standard InChI is InChI=1S/C28H28ClN5O3S/c1-17-13-21(18(2)33(17)15-20-7-6-12-37-20)27-26(24-8-4-5-11-30-24)32-28(38)34(27)19-9-10-23(22(29)14-19)31-25(35)16-36-3/h4-14,26-27H,15-16H2,1-3H3,(H,31,35)(H,32,38)/t26-,27+/m1/s1. The molecule has 1 aliphatic rings. The third kappa shape index (κ3) is 5.05. The number of pyridine rings is 1. The van der Waals surface area contributed by atoms with Gasteiger partial charge in [-0.2, -0.15) is 0 Å². The molecular formula is C28H28ClN5O3S. The highest BCUT2D eigenvalue weighted by Crippen LogP contribution is 2.44. The normalized spacial score (nSPS) is 17.1. The van der Waals surface area contributed by atoms with Crippen molar-refractivity contribution in [1.82, 2.24) is 14.9 Å². The molecule has 38 heavy (non-hydrogen) atoms. The van der Waals surface area contributed by atoms with Gasteiger partial charge in [0.1, 0.15) is 12.4 Å². The third-order valence-electron chi connectivity index (χ3n) is 6.70. The van der Waals surface area contributed by atoms with E-state index in [-0.39, 0.29) is 24.6 Å². The quantitative estimate of drug-likeness (QED) is 0.278. The van der Waals surface area contributed by atoms with E-state index in [0.29, 0.717) is 22.4 Å². The Morgan fingerprint density at radius 1 is 1.21 bits per heavy atom. The van der Waals surface area contributed by atoms with Crippen LogP contribution in [0.1, 0.15) is 40.5 Å². The smallest absolute Gasteiger partial charge is 0.250 e. The van der Waals surface area contributed by atoms with E-state index < -0.39 is 0 Å². The molecule has 0 aliphatic carbocycles. The van der Waals surface area contributed by atoms with Crippen LogP contribution in [0.25, 0.3) is 0 Å². The number of nitrogens with zero attached hydrogens (tertiary/aromatic N) is 3. The molecule has 0 bridgehead atoms. The minimum Gasteiger partial charge on any atom is -0.467 e. The molecule has 196 valence electrons. The average molecular weight is 550 g/mol. The van der Waals surface area contributed by atoms with Crippen LogP contribution in [0.2, 0.25) is 5.02 Å². The summed E-state index contributed by atoms with van der Waals surface area (Å²) in [6, 6.07) is 17.0. The maximum Gasteiger partial charge on any atom is 0.250 e. The van der Waals surface area contributed by atoms with Gasteiger partial charge in [0.15, 0.2) is 5.11 Å². The Morgan fingerprint density at radius 2 is 2.05 bits per heavy atom. The molecule has 0 saturated carbocycles. The van der Waals surface area contributed by atoms with Crippen molar-refractivity contribution >= 4 is 46.2 Å². The zero-order valence-corrected chi connectivity index (χ0v) is 22.8. The number of hydrogen-bond donors (Lipinski definition) is 2. The van der Waals surface area contributed by atoms with Crippen LogP contribution in [0.3, 0.4) is 0 Å². The lowest BCUT2D eigenvalue weighted by atomic mass is 9.96. The summed E-state index contributed by atoms with van der Waals surface area (Å²) in [5, 5.41) is 7.23. The molecule has 5 rings (SSSR count). The van der Waals surface area contributed by atoms with Crippen molar-refractivity contribution in [3.05, 3.63) is 100 Å². The van der Waals surface area contributed by atoms with Crippen molar-refractivity contribution in [1.29, 1.82) is 0 Å². The maximum absolute atomic E-state index is 12.0. The third-order valence-corrected chi connectivity index (χ3v) is 7.33. The second kappa shape index (κ2) is 11.0. The van der Waals surface area contributed by atoms with Gasteiger partial charge in [0.2, 0.25) is 5.91 Å². The van der Waals surface area contributed by atoms with Crippen LogP contribution in [0.4, 0.5) is 11.4 Å². The van der Waals surface area contributed by atoms with Gasteiger partial charge in [-0.1, -0.05) is 17.7 Å². The summed E-state index contributed by atoms with van der Waals surface area (Å²) in [6.07, 6.45) is 3.47. The van der Waals surface area contributed by atoms with E-state index in [4.69, 9.17) is 33.0 Å². The fourth-order valence-corrected chi connectivity index (χ4v) is 5.52. The zero-order chi connectivity index (χ0) is 26.8. The molecule has 1 fully saturated rings. The lowest BCUT2D eigenvalue weighted by Gasteiger charge is -2.28. The number of thiocarbonyl (C=S) groups is 1. The van der Waals surface area contributed by atoms with E-state index in [2.05, 4.69) is 45.0 Å². The summed E-state index contributed by atoms with van der Waals surface area (Å²) in [7, 11) is 1.47. The SMILES string of the molecule is COCC(=O)Nc1ccc(N2C(=S)N[C@H](c3ccccn3)[C@@H]2c2cc(C)n(Cc3ccco3)c2C)cc1Cl. The number of amides is 1. The van der Waals surface area contributed by atoms with Gasteiger partial charge in [0, 0.05) is 30.4 Å². The minimum absolute atomic E-state index is 0.0559. The van der Waals surface area contributed by atoms with Crippen LogP contribution in [-0.4, -0.2) is 34.3 Å². The predicted molar refractivity (Wildman–Crippen MR) is 152 cm³/mol. The molecule has 0 unspecified atom stereocenters. The lowest BCUT2D eigenvalue weighted by molar-refractivity contribution is -0.119. The van der Waals surface area contributed by atoms with Gasteiger partial charge in [-0.15, -0.1) is 0 Å². The Kier molecular flexibility index (Phi) is 7.51. The fraction of sp³-hybridized carbons (Fsp3) is 0.250. The molecular weight excluding hydrogens is 522 g/mol. The van der Waals surface area contributed by atoms with Crippen LogP contribution in [-0.2, 0) is 16.1 Å². The number of furan rings is 1. The van der Waals surface area contributed by atoms with Gasteiger partial charge >= 0.3 is 0 Å². The topological polar surface area (TPSA) is 84.6 Å². The molecule has 10 heteroatoms. The number of carbonyl (C=O) groups excluding carboxylic acids is 1. The van der Waals surface area contributed by atoms with Crippen molar-refractivity contribution in [3.63, 3.8) is 0 Å². The number of nitrogens with one attached hydrogen (secondary N) is 2. The number of methoxy groups -OCH3 is 1. The molecule has 4 aromatic rings. The average Bonchev–Trinajstić information content (AvgIpc) is 3.61. The van der Waals surface area contributed by atoms with Crippen molar-refractivity contribution in [2.45, 2.75) is 32.5 Å². The highest BCUT2D eigenvalue weighted by molar-refractivity contribution is 7.80. The monoisotopic (exact) mass is 549 g/mol. The summed E-state index contributed by atoms with van der Waals surface area (Å²) >= 11 is 12.5. The largest absolute Gasteiger partial charge is 0.467 e. The fourth-order valence-electron chi connectivity index (χ4n) is 4.95. The Labute approximate surface area is 231 Å². The number of halogens is 1. The summed E-state index contributed by atoms with van der Waals surface area (Å²) in [6.45, 7) is 4.78. The van der Waals surface area contributed by atoms with Crippen LogP contribution in [0.5, 0.6) is 0 Å². The molecule has 0 spiro atoms. The summed E-state index contributed by atoms with van der Waals surface area (Å²) < 4.78 is 12.8. The predicted octanol–water partition coefficient (Wildman–Crippen LogP) is 5.56. The number of aryl methyl sites for hydroxylation is 1. The van der Waals surface area contributed by atoms with E-state index in [9.17, 15) is 4.79 Å². The van der Waals surface area contributed by atoms with E-state index >= 15 is 0 Å². The molecule has 1 saturated heterocycles. The zero-order valence-electron chi connectivity index (χ0n) is 21.3. The number of anilines is 2. The van der Waals surface area contributed by atoms with Crippen LogP contribution in [0, 0.1) is 13.8 Å². The highest BCUT2D eigenvalue weighted by Gasteiger charge is 2.42. The van der Waals surface area contributed by atoms with Gasteiger partial charge in [0.25, 0.3) is 0 Å². The Hall–Kier alpha value is -3.66. The maximum atomic E-state index is 12.0. The van der Waals surface area contributed by atoms with E-state index in [1.54, 1.807) is 18.5 Å². The Balaban J connectivity index is 1.56. The van der Waals surface area contributed by atoms with Crippen molar-refractivity contribution < 1.29 is 13.9 Å². The Morgan fingerprint density at radius 3 is 2.74 bits per heavy atom. The molecule has 8 nitrogen and oxygen atoms in total. The molecule has 3 aromatic heterocycles. The summed E-state index contributed by atoms with van der Waals surface area (Å²) in [5.74, 6) is 0.604. The van der Waals surface area contributed by atoms with E-state index in [0.717, 1.165) is 34.1 Å². The molecule has 1 amide bonds. The van der Waals surface area contributed by atoms with Gasteiger partial charge < -0.3 is 29.3 Å². The highest BCUT2D eigenvalue weighted by atomic mass is 35.5. The van der Waals surface area contributed by atoms with E-state index in [1.807, 2.05) is 42.5 Å². The minimum atomic E-state index is -0.280. The van der Waals surface area contributed by atoms with Gasteiger partial charge in [-0.25, -0.2) is 0 Å². The van der Waals surface area contributed by atoms with Crippen LogP contribution < -0.4 is 15.5 Å². The first-order chi connectivity index (χ1) is 18.4. The number of carbonyl (C=O) groups is 1. The number of benzene rings is 1. The van der Waals surface area contributed by atoms with Gasteiger partial charge in [-0.05, 0) is 80.2 Å². The molecule has 2 atom stereocenters. The first-order valence-corrected chi connectivity index (χ1v) is 12.9. The number of aromatic nitrogens is 2. The first-order valence-electron chi connectivity index (χ1n) is 12.2. The molecule has 1 aliphatic heterocycles. The number of ether oxygens (including phenoxy) is 1. The summed E-state index contributed by atoms with van der Waals surface area (Å²) in [4.78, 5) is 18.7. The van der Waals surface area contributed by atoms with E-state index in [1.165, 1.54) is 7.11 Å². The second-order valence-electron chi connectivity index (χ2n) is 9.13. The second-order valence-corrected chi connectivity index (χ2v) is 9.93. The number of rotatable bonds is 8.